The molecule has 1 aromatic heterocycles. The van der Waals surface area contributed by atoms with Gasteiger partial charge in [0.15, 0.2) is 0 Å². The minimum absolute atomic E-state index is 0.0361. The van der Waals surface area contributed by atoms with E-state index in [1.54, 1.807) is 29.3 Å². The molecule has 15 nitrogen and oxygen atoms in total. The predicted molar refractivity (Wildman–Crippen MR) is 237 cm³/mol. The van der Waals surface area contributed by atoms with E-state index in [1.807, 2.05) is 34.7 Å². The lowest BCUT2D eigenvalue weighted by Crippen LogP contribution is -2.62. The van der Waals surface area contributed by atoms with Crippen molar-refractivity contribution in [2.75, 3.05) is 26.7 Å². The Kier molecular flexibility index (Phi) is 11.8. The number of amides is 5. The molecule has 16 heteroatoms. The van der Waals surface area contributed by atoms with Gasteiger partial charge in [0.2, 0.25) is 17.7 Å². The number of rotatable bonds is 12. The third-order valence-electron chi connectivity index (χ3n) is 16.8. The van der Waals surface area contributed by atoms with Crippen molar-refractivity contribution in [3.63, 3.8) is 0 Å². The zero-order valence-electron chi connectivity index (χ0n) is 38.2. The fourth-order valence-corrected chi connectivity index (χ4v) is 13.8. The first-order valence-corrected chi connectivity index (χ1v) is 24.9. The summed E-state index contributed by atoms with van der Waals surface area (Å²) in [7, 11) is -2.30. The fourth-order valence-electron chi connectivity index (χ4n) is 12.6. The van der Waals surface area contributed by atoms with Crippen molar-refractivity contribution >= 4 is 50.6 Å². The van der Waals surface area contributed by atoms with Crippen molar-refractivity contribution in [2.45, 2.75) is 160 Å². The molecule has 0 bridgehead atoms. The summed E-state index contributed by atoms with van der Waals surface area (Å²) in [6, 6.07) is 3.62. The monoisotopic (exact) mass is 891 g/mol. The van der Waals surface area contributed by atoms with E-state index in [4.69, 9.17) is 4.74 Å². The first-order valence-electron chi connectivity index (χ1n) is 23.4. The number of hydrogen-bond acceptors (Lipinski definition) is 9. The summed E-state index contributed by atoms with van der Waals surface area (Å²) in [5.41, 5.74) is -2.47. The first kappa shape index (κ1) is 45.4. The zero-order valence-corrected chi connectivity index (χ0v) is 39.0. The van der Waals surface area contributed by atoms with Gasteiger partial charge in [0.05, 0.1) is 5.52 Å². The molecule has 2 aromatic rings. The van der Waals surface area contributed by atoms with E-state index < -0.39 is 68.8 Å². The molecule has 1 aromatic carbocycles. The molecule has 8 rings (SSSR count). The standard InChI is InChI=1S/C47H69N7O8S/c1-8-31-26-47(31,41(58)52-63(60,61)34-17-12-16-30-18-23-48-35(30)34)51-38(55)33-27-46(44(5,6)45(46)21-13-22-45)28-54(33)40(57)37(43(2,3)4)50-39(56)36(29-14-10-9-11-15-29)49-42(59)62-32-19-24-53(7)25-20-32/h12,16-18,23,29,31-33,36-37,48H,8-11,13-15,19-22,24-28H2,1-7H3,(H,49,59)(H,50,56)(H,51,55)(H,52,58)/t31-,33+,36+,37-,46-,47-/m1/s1. The predicted octanol–water partition coefficient (Wildman–Crippen LogP) is 5.36. The second-order valence-electron chi connectivity index (χ2n) is 21.5. The summed E-state index contributed by atoms with van der Waals surface area (Å²) >= 11 is 0. The van der Waals surface area contributed by atoms with E-state index >= 15 is 4.79 Å². The van der Waals surface area contributed by atoms with Gasteiger partial charge in [-0.25, -0.2) is 17.9 Å². The average molecular weight is 892 g/mol. The topological polar surface area (TPSA) is 199 Å². The van der Waals surface area contributed by atoms with Crippen LogP contribution >= 0.6 is 0 Å². The summed E-state index contributed by atoms with van der Waals surface area (Å²) in [6.07, 6.45) is 10.8. The van der Waals surface area contributed by atoms with Gasteiger partial charge in [-0.2, -0.15) is 0 Å². The molecule has 4 aliphatic carbocycles. The molecule has 6 fully saturated rings. The Morgan fingerprint density at radius 3 is 2.22 bits per heavy atom. The normalized spacial score (nSPS) is 29.1. The van der Waals surface area contributed by atoms with E-state index in [2.05, 4.69) is 44.4 Å². The quantitative estimate of drug-likeness (QED) is 0.186. The SMILES string of the molecule is CC[C@@H]1C[C@]1(NC(=O)[C@@H]1C[C@@]2(CN1C(=O)[C@@H](NC(=O)[C@@H](NC(=O)OC1CCN(C)CC1)C1CCCCC1)C(C)(C)C)C(C)(C)C21CCC1)C(=O)NS(=O)(=O)c1cccc2cc[nH]c12. The second-order valence-corrected chi connectivity index (χ2v) is 23.1. The number of fused-ring (bicyclic) bond motifs is 2. The molecule has 0 unspecified atom stereocenters. The van der Waals surface area contributed by atoms with Gasteiger partial charge in [-0.15, -0.1) is 0 Å². The lowest BCUT2D eigenvalue weighted by molar-refractivity contribution is -0.145. The average Bonchev–Trinajstić information content (AvgIpc) is 3.73. The molecule has 0 radical (unpaired) electrons. The lowest BCUT2D eigenvalue weighted by Gasteiger charge is -2.38. The number of hydrogen-bond donors (Lipinski definition) is 5. The van der Waals surface area contributed by atoms with E-state index in [1.165, 1.54) is 6.07 Å². The van der Waals surface area contributed by atoms with Crippen LogP contribution in [0.4, 0.5) is 4.79 Å². The van der Waals surface area contributed by atoms with Crippen molar-refractivity contribution in [3.8, 4) is 0 Å². The zero-order chi connectivity index (χ0) is 45.3. The number of carbonyl (C=O) groups is 5. The molecule has 5 amide bonds. The van der Waals surface area contributed by atoms with Gasteiger partial charge in [-0.3, -0.25) is 19.2 Å². The third kappa shape index (κ3) is 7.82. The number of likely N-dealkylation sites (tertiary alicyclic amines) is 2. The van der Waals surface area contributed by atoms with E-state index in [-0.39, 0.29) is 45.5 Å². The van der Waals surface area contributed by atoms with Crippen LogP contribution in [0.5, 0.6) is 0 Å². The number of H-pyrrole nitrogens is 1. The Morgan fingerprint density at radius 2 is 1.62 bits per heavy atom. The number of aromatic nitrogens is 1. The molecule has 2 aliphatic heterocycles. The van der Waals surface area contributed by atoms with Gasteiger partial charge in [0.1, 0.15) is 34.7 Å². The van der Waals surface area contributed by atoms with Crippen LogP contribution in [-0.4, -0.2) is 109 Å². The molecule has 346 valence electrons. The van der Waals surface area contributed by atoms with Crippen LogP contribution in [0.15, 0.2) is 35.4 Å². The number of carbonyl (C=O) groups excluding carboxylic acids is 5. The van der Waals surface area contributed by atoms with Crippen LogP contribution in [0.3, 0.4) is 0 Å². The molecule has 2 saturated heterocycles. The van der Waals surface area contributed by atoms with Crippen molar-refractivity contribution in [1.82, 2.24) is 35.5 Å². The summed E-state index contributed by atoms with van der Waals surface area (Å²) in [6.45, 7) is 13.9. The maximum absolute atomic E-state index is 15.3. The molecule has 3 heterocycles. The number of piperidine rings is 1. The lowest BCUT2D eigenvalue weighted by atomic mass is 9.73. The van der Waals surface area contributed by atoms with E-state index in [0.717, 1.165) is 64.5 Å². The number of benzene rings is 1. The van der Waals surface area contributed by atoms with Gasteiger partial charge >= 0.3 is 6.09 Å². The molecular formula is C47H69N7O8S. The highest BCUT2D eigenvalue weighted by Crippen LogP contribution is 2.88. The number of ether oxygens (including phenoxy) is 1. The summed E-state index contributed by atoms with van der Waals surface area (Å²) in [5.74, 6) is -2.62. The number of aromatic amines is 1. The number of alkyl carbamates (subject to hydrolysis) is 1. The maximum Gasteiger partial charge on any atom is 0.408 e. The Balaban J connectivity index is 1.05. The van der Waals surface area contributed by atoms with Gasteiger partial charge in [-0.05, 0) is 98.6 Å². The van der Waals surface area contributed by atoms with Crippen molar-refractivity contribution in [2.24, 2.45) is 33.5 Å². The van der Waals surface area contributed by atoms with Crippen LogP contribution in [-0.2, 0) is 33.9 Å². The van der Waals surface area contributed by atoms with Crippen LogP contribution in [0, 0.1) is 33.5 Å². The summed E-state index contributed by atoms with van der Waals surface area (Å²) in [5, 5.41) is 9.72. The molecule has 4 saturated carbocycles. The highest BCUT2D eigenvalue weighted by molar-refractivity contribution is 7.90. The number of nitrogens with zero attached hydrogens (tertiary/aromatic N) is 2. The number of sulfonamides is 1. The van der Waals surface area contributed by atoms with Crippen molar-refractivity contribution < 1.29 is 37.1 Å². The minimum Gasteiger partial charge on any atom is -0.446 e. The van der Waals surface area contributed by atoms with Crippen LogP contribution in [0.2, 0.25) is 0 Å². The van der Waals surface area contributed by atoms with Gasteiger partial charge in [0.25, 0.3) is 15.9 Å². The van der Waals surface area contributed by atoms with Crippen molar-refractivity contribution in [3.05, 3.63) is 30.5 Å². The maximum atomic E-state index is 15.3. The number of para-hydroxylation sites is 1. The smallest absolute Gasteiger partial charge is 0.408 e. The number of nitrogens with one attached hydrogen (secondary N) is 5. The molecule has 2 spiro atoms. The van der Waals surface area contributed by atoms with Gasteiger partial charge in [0, 0.05) is 36.6 Å². The fraction of sp³-hybridized carbons (Fsp3) is 0.723. The first-order chi connectivity index (χ1) is 29.7. The third-order valence-corrected chi connectivity index (χ3v) is 18.2. The van der Waals surface area contributed by atoms with Crippen LogP contribution in [0.1, 0.15) is 125 Å². The Hall–Kier alpha value is -4.18. The Bertz CT molecular complexity index is 2230. The molecule has 6 aliphatic rings. The van der Waals surface area contributed by atoms with E-state index in [9.17, 15) is 27.6 Å². The molecule has 63 heavy (non-hydrogen) atoms. The minimum atomic E-state index is -4.34. The van der Waals surface area contributed by atoms with E-state index in [0.29, 0.717) is 43.1 Å². The molecular weight excluding hydrogens is 823 g/mol. The second kappa shape index (κ2) is 16.4. The summed E-state index contributed by atoms with van der Waals surface area (Å²) < 4.78 is 35.7. The molecule has 5 N–H and O–H groups in total. The van der Waals surface area contributed by atoms with Gasteiger partial charge in [-0.1, -0.05) is 85.8 Å². The van der Waals surface area contributed by atoms with Crippen LogP contribution < -0.4 is 20.7 Å². The Labute approximate surface area is 372 Å². The summed E-state index contributed by atoms with van der Waals surface area (Å²) in [4.78, 5) is 79.1. The highest BCUT2D eigenvalue weighted by Gasteiger charge is 2.85. The Morgan fingerprint density at radius 1 is 0.921 bits per heavy atom. The molecule has 6 atom stereocenters. The highest BCUT2D eigenvalue weighted by atomic mass is 32.2. The van der Waals surface area contributed by atoms with Crippen LogP contribution in [0.25, 0.3) is 10.9 Å². The van der Waals surface area contributed by atoms with Crippen molar-refractivity contribution in [1.29, 1.82) is 0 Å². The largest absolute Gasteiger partial charge is 0.446 e. The van der Waals surface area contributed by atoms with Gasteiger partial charge < -0.3 is 35.5 Å².